The molecular formula is C16H16O5. The van der Waals surface area contributed by atoms with E-state index in [1.807, 2.05) is 6.92 Å². The number of fused-ring (bicyclic) bond motifs is 1. The lowest BCUT2D eigenvalue weighted by Crippen LogP contribution is -2.13. The van der Waals surface area contributed by atoms with Crippen molar-refractivity contribution in [3.8, 4) is 5.75 Å². The standard InChI is InChI=1S/C16H16O5/c1-3-11(2)16(18)20-9-8-19-13-6-4-12-5-7-15(17)21-14(12)10-13/h4-7,10H,2-3,8-9H2,1H3. The number of hydrogen-bond donors (Lipinski definition) is 0. The molecule has 1 heterocycles. The van der Waals surface area contributed by atoms with Crippen molar-refractivity contribution in [2.45, 2.75) is 13.3 Å². The molecule has 0 aliphatic carbocycles. The Morgan fingerprint density at radius 3 is 2.76 bits per heavy atom. The fourth-order valence-electron chi connectivity index (χ4n) is 1.67. The third-order valence-corrected chi connectivity index (χ3v) is 2.90. The topological polar surface area (TPSA) is 65.7 Å². The molecule has 21 heavy (non-hydrogen) atoms. The molecule has 1 aromatic heterocycles. The molecule has 110 valence electrons. The summed E-state index contributed by atoms with van der Waals surface area (Å²) in [6.07, 6.45) is 0.559. The van der Waals surface area contributed by atoms with Gasteiger partial charge in [-0.2, -0.15) is 0 Å². The predicted molar refractivity (Wildman–Crippen MR) is 78.4 cm³/mol. The van der Waals surface area contributed by atoms with E-state index in [-0.39, 0.29) is 13.2 Å². The molecule has 0 atom stereocenters. The Hall–Kier alpha value is -2.56. The van der Waals surface area contributed by atoms with E-state index in [9.17, 15) is 9.59 Å². The zero-order valence-electron chi connectivity index (χ0n) is 11.8. The van der Waals surface area contributed by atoms with E-state index in [1.165, 1.54) is 6.07 Å². The molecule has 0 amide bonds. The van der Waals surface area contributed by atoms with Gasteiger partial charge in [0.05, 0.1) is 0 Å². The molecule has 5 heteroatoms. The minimum Gasteiger partial charge on any atom is -0.490 e. The van der Waals surface area contributed by atoms with Crippen LogP contribution >= 0.6 is 0 Å². The summed E-state index contributed by atoms with van der Waals surface area (Å²) in [6.45, 7) is 5.78. The molecule has 1 aromatic carbocycles. The fourth-order valence-corrected chi connectivity index (χ4v) is 1.67. The molecule has 0 radical (unpaired) electrons. The minimum absolute atomic E-state index is 0.134. The first kappa shape index (κ1) is 14.8. The Bertz CT molecular complexity index is 714. The number of rotatable bonds is 6. The molecule has 2 rings (SSSR count). The van der Waals surface area contributed by atoms with Crippen molar-refractivity contribution in [3.63, 3.8) is 0 Å². The first-order chi connectivity index (χ1) is 10.1. The summed E-state index contributed by atoms with van der Waals surface area (Å²) in [5, 5.41) is 0.813. The van der Waals surface area contributed by atoms with Gasteiger partial charge in [0.25, 0.3) is 0 Å². The maximum atomic E-state index is 11.4. The quantitative estimate of drug-likeness (QED) is 0.354. The van der Waals surface area contributed by atoms with Crippen molar-refractivity contribution in [1.82, 2.24) is 0 Å². The highest BCUT2D eigenvalue weighted by Gasteiger charge is 2.06. The highest BCUT2D eigenvalue weighted by molar-refractivity contribution is 5.87. The second kappa shape index (κ2) is 6.74. The second-order valence-electron chi connectivity index (χ2n) is 4.40. The van der Waals surface area contributed by atoms with Gasteiger partial charge in [-0.1, -0.05) is 13.5 Å². The number of carbonyl (C=O) groups excluding carboxylic acids is 1. The molecule has 0 spiro atoms. The first-order valence-corrected chi connectivity index (χ1v) is 6.62. The van der Waals surface area contributed by atoms with E-state index in [0.29, 0.717) is 23.3 Å². The third-order valence-electron chi connectivity index (χ3n) is 2.90. The number of ether oxygens (including phenoxy) is 2. The van der Waals surface area contributed by atoms with E-state index < -0.39 is 11.6 Å². The van der Waals surface area contributed by atoms with Crippen LogP contribution in [0.4, 0.5) is 0 Å². The van der Waals surface area contributed by atoms with Crippen molar-refractivity contribution in [3.05, 3.63) is 52.9 Å². The summed E-state index contributed by atoms with van der Waals surface area (Å²) in [5.74, 6) is 0.132. The summed E-state index contributed by atoms with van der Waals surface area (Å²) in [5.41, 5.74) is 0.477. The van der Waals surface area contributed by atoms with Gasteiger partial charge in [-0.3, -0.25) is 0 Å². The largest absolute Gasteiger partial charge is 0.490 e. The van der Waals surface area contributed by atoms with Gasteiger partial charge < -0.3 is 13.9 Å². The van der Waals surface area contributed by atoms with Crippen molar-refractivity contribution >= 4 is 16.9 Å². The summed E-state index contributed by atoms with van der Waals surface area (Å²) in [6, 6.07) is 8.23. The zero-order chi connectivity index (χ0) is 15.2. The summed E-state index contributed by atoms with van der Waals surface area (Å²) < 4.78 is 15.5. The van der Waals surface area contributed by atoms with Gasteiger partial charge in [0.15, 0.2) is 0 Å². The Kier molecular flexibility index (Phi) is 4.77. The third kappa shape index (κ3) is 3.95. The molecule has 0 saturated carbocycles. The van der Waals surface area contributed by atoms with Crippen LogP contribution in [0, 0.1) is 0 Å². The van der Waals surface area contributed by atoms with Gasteiger partial charge in [0.2, 0.25) is 0 Å². The Morgan fingerprint density at radius 1 is 1.24 bits per heavy atom. The van der Waals surface area contributed by atoms with Crippen molar-refractivity contribution in [2.24, 2.45) is 0 Å². The Balaban J connectivity index is 1.90. The summed E-state index contributed by atoms with van der Waals surface area (Å²) in [7, 11) is 0. The van der Waals surface area contributed by atoms with Gasteiger partial charge in [-0.05, 0) is 24.6 Å². The van der Waals surface area contributed by atoms with E-state index in [4.69, 9.17) is 13.9 Å². The SMILES string of the molecule is C=C(CC)C(=O)OCCOc1ccc2ccc(=O)oc2c1. The molecular weight excluding hydrogens is 272 g/mol. The van der Waals surface area contributed by atoms with E-state index in [0.717, 1.165) is 5.39 Å². The van der Waals surface area contributed by atoms with Gasteiger partial charge in [-0.25, -0.2) is 9.59 Å². The first-order valence-electron chi connectivity index (χ1n) is 6.62. The number of benzene rings is 1. The van der Waals surface area contributed by atoms with Gasteiger partial charge in [0, 0.05) is 23.1 Å². The molecule has 5 nitrogen and oxygen atoms in total. The number of esters is 1. The fraction of sp³-hybridized carbons (Fsp3) is 0.250. The molecule has 0 N–H and O–H groups in total. The van der Waals surface area contributed by atoms with Crippen LogP contribution in [0.3, 0.4) is 0 Å². The zero-order valence-corrected chi connectivity index (χ0v) is 11.8. The van der Waals surface area contributed by atoms with Crippen LogP contribution < -0.4 is 10.4 Å². The lowest BCUT2D eigenvalue weighted by Gasteiger charge is -2.08. The molecule has 0 aliphatic heterocycles. The van der Waals surface area contributed by atoms with Crippen LogP contribution in [0.1, 0.15) is 13.3 Å². The number of carbonyl (C=O) groups is 1. The van der Waals surface area contributed by atoms with E-state index in [2.05, 4.69) is 6.58 Å². The maximum absolute atomic E-state index is 11.4. The Morgan fingerprint density at radius 2 is 2.00 bits per heavy atom. The Labute approximate surface area is 121 Å². The molecule has 0 unspecified atom stereocenters. The maximum Gasteiger partial charge on any atom is 0.336 e. The lowest BCUT2D eigenvalue weighted by atomic mass is 10.2. The number of hydrogen-bond acceptors (Lipinski definition) is 5. The molecule has 2 aromatic rings. The second-order valence-corrected chi connectivity index (χ2v) is 4.40. The highest BCUT2D eigenvalue weighted by Crippen LogP contribution is 2.19. The van der Waals surface area contributed by atoms with Crippen LogP contribution in [-0.4, -0.2) is 19.2 Å². The van der Waals surface area contributed by atoms with Crippen molar-refractivity contribution in [1.29, 1.82) is 0 Å². The van der Waals surface area contributed by atoms with Crippen molar-refractivity contribution < 1.29 is 18.7 Å². The lowest BCUT2D eigenvalue weighted by molar-refractivity contribution is -0.139. The van der Waals surface area contributed by atoms with E-state index in [1.54, 1.807) is 24.3 Å². The summed E-state index contributed by atoms with van der Waals surface area (Å²) >= 11 is 0. The molecule has 0 aliphatic rings. The monoisotopic (exact) mass is 288 g/mol. The van der Waals surface area contributed by atoms with E-state index >= 15 is 0 Å². The van der Waals surface area contributed by atoms with Crippen LogP contribution in [0.5, 0.6) is 5.75 Å². The van der Waals surface area contributed by atoms with Crippen LogP contribution in [-0.2, 0) is 9.53 Å². The molecule has 0 saturated heterocycles. The summed E-state index contributed by atoms with van der Waals surface area (Å²) in [4.78, 5) is 22.5. The predicted octanol–water partition coefficient (Wildman–Crippen LogP) is 2.68. The normalized spacial score (nSPS) is 10.3. The smallest absolute Gasteiger partial charge is 0.336 e. The molecule has 0 bridgehead atoms. The van der Waals surface area contributed by atoms with Gasteiger partial charge in [0.1, 0.15) is 24.5 Å². The van der Waals surface area contributed by atoms with Crippen LogP contribution in [0.2, 0.25) is 0 Å². The van der Waals surface area contributed by atoms with Crippen LogP contribution in [0.15, 0.2) is 51.7 Å². The van der Waals surface area contributed by atoms with Gasteiger partial charge >= 0.3 is 11.6 Å². The van der Waals surface area contributed by atoms with Crippen LogP contribution in [0.25, 0.3) is 11.0 Å². The van der Waals surface area contributed by atoms with Crippen molar-refractivity contribution in [2.75, 3.05) is 13.2 Å². The highest BCUT2D eigenvalue weighted by atomic mass is 16.6. The minimum atomic E-state index is -0.411. The van der Waals surface area contributed by atoms with Gasteiger partial charge in [-0.15, -0.1) is 0 Å². The average molecular weight is 288 g/mol. The average Bonchev–Trinajstić information content (AvgIpc) is 2.50. The molecule has 0 fully saturated rings.